The van der Waals surface area contributed by atoms with Gasteiger partial charge in [-0.05, 0) is 31.0 Å². The van der Waals surface area contributed by atoms with E-state index in [1.807, 2.05) is 0 Å². The van der Waals surface area contributed by atoms with Crippen molar-refractivity contribution in [2.45, 2.75) is 17.9 Å². The lowest BCUT2D eigenvalue weighted by Crippen LogP contribution is -2.16. The Morgan fingerprint density at radius 2 is 2.27 bits per heavy atom. The van der Waals surface area contributed by atoms with Crippen molar-refractivity contribution in [1.29, 1.82) is 0 Å². The number of aromatic nitrogens is 2. The summed E-state index contributed by atoms with van der Waals surface area (Å²) in [6, 6.07) is 4.82. The molecule has 3 rings (SSSR count). The first-order chi connectivity index (χ1) is 10.6. The molecule has 8 heteroatoms. The maximum Gasteiger partial charge on any atom is 0.257 e. The van der Waals surface area contributed by atoms with E-state index in [4.69, 9.17) is 4.74 Å². The molecule has 2 aromatic rings. The number of fused-ring (bicyclic) bond motifs is 1. The second-order valence-corrected chi connectivity index (χ2v) is 5.58. The quantitative estimate of drug-likeness (QED) is 0.834. The number of ether oxygens (including phenoxy) is 1. The van der Waals surface area contributed by atoms with Crippen molar-refractivity contribution >= 4 is 22.7 Å². The number of nitrogens with zero attached hydrogens (tertiary/aromatic N) is 2. The average molecular weight is 319 g/mol. The second kappa shape index (κ2) is 6.20. The first-order valence-corrected chi connectivity index (χ1v) is 7.75. The SMILES string of the molecule is O=C(Nc1cccnc1S(=O)O)c1cnc2c(c1)CCCO2. The van der Waals surface area contributed by atoms with E-state index in [1.54, 1.807) is 12.1 Å². The highest BCUT2D eigenvalue weighted by Gasteiger charge is 2.17. The lowest BCUT2D eigenvalue weighted by Gasteiger charge is -2.16. The normalized spacial score (nSPS) is 14.6. The van der Waals surface area contributed by atoms with E-state index in [9.17, 15) is 13.6 Å². The Morgan fingerprint density at radius 3 is 3.09 bits per heavy atom. The molecule has 1 aliphatic heterocycles. The number of anilines is 1. The Labute approximate surface area is 129 Å². The van der Waals surface area contributed by atoms with E-state index in [-0.39, 0.29) is 10.7 Å². The Hall–Kier alpha value is -2.32. The molecule has 2 N–H and O–H groups in total. The topological polar surface area (TPSA) is 101 Å². The maximum absolute atomic E-state index is 12.3. The van der Waals surface area contributed by atoms with Gasteiger partial charge in [0.2, 0.25) is 17.0 Å². The van der Waals surface area contributed by atoms with Crippen LogP contribution in [0.15, 0.2) is 35.6 Å². The van der Waals surface area contributed by atoms with E-state index in [1.165, 1.54) is 18.5 Å². The number of carbonyl (C=O) groups excluding carboxylic acids is 1. The van der Waals surface area contributed by atoms with Crippen LogP contribution in [0.25, 0.3) is 0 Å². The summed E-state index contributed by atoms with van der Waals surface area (Å²) in [5.41, 5.74) is 1.45. The van der Waals surface area contributed by atoms with Crippen molar-refractivity contribution in [2.75, 3.05) is 11.9 Å². The molecule has 0 saturated heterocycles. The molecule has 0 bridgehead atoms. The number of hydrogen-bond donors (Lipinski definition) is 2. The van der Waals surface area contributed by atoms with Gasteiger partial charge in [-0.1, -0.05) is 0 Å². The van der Waals surface area contributed by atoms with Gasteiger partial charge in [0.05, 0.1) is 17.9 Å². The van der Waals surface area contributed by atoms with Crippen LogP contribution in [-0.2, 0) is 17.5 Å². The van der Waals surface area contributed by atoms with Crippen LogP contribution >= 0.6 is 0 Å². The summed E-state index contributed by atoms with van der Waals surface area (Å²) in [6.45, 7) is 0.632. The van der Waals surface area contributed by atoms with E-state index in [0.29, 0.717) is 18.1 Å². The fraction of sp³-hybridized carbons (Fsp3) is 0.214. The molecule has 114 valence electrons. The van der Waals surface area contributed by atoms with Gasteiger partial charge < -0.3 is 14.6 Å². The predicted molar refractivity (Wildman–Crippen MR) is 79.3 cm³/mol. The van der Waals surface area contributed by atoms with Crippen LogP contribution in [-0.4, -0.2) is 31.2 Å². The van der Waals surface area contributed by atoms with Gasteiger partial charge in [-0.25, -0.2) is 14.2 Å². The summed E-state index contributed by atoms with van der Waals surface area (Å²) in [5, 5.41) is 2.49. The number of aryl methyl sites for hydroxylation is 1. The van der Waals surface area contributed by atoms with Crippen LogP contribution in [0, 0.1) is 0 Å². The van der Waals surface area contributed by atoms with Gasteiger partial charge >= 0.3 is 0 Å². The van der Waals surface area contributed by atoms with E-state index < -0.39 is 17.0 Å². The molecule has 1 atom stereocenters. The molecular weight excluding hydrogens is 306 g/mol. The number of hydrogen-bond acceptors (Lipinski definition) is 5. The summed E-state index contributed by atoms with van der Waals surface area (Å²) < 4.78 is 25.8. The fourth-order valence-corrected chi connectivity index (χ4v) is 2.64. The van der Waals surface area contributed by atoms with Crippen molar-refractivity contribution in [1.82, 2.24) is 9.97 Å². The average Bonchev–Trinajstić information content (AvgIpc) is 2.54. The molecule has 1 amide bonds. The Bertz CT molecular complexity index is 751. The monoisotopic (exact) mass is 319 g/mol. The standard InChI is InChI=1S/C14H13N3O4S/c18-12(17-11-4-1-5-15-14(11)22(19)20)10-7-9-3-2-6-21-13(9)16-8-10/h1,4-5,7-8H,2-3,6H2,(H,17,18)(H,19,20). The zero-order chi connectivity index (χ0) is 15.5. The molecule has 0 spiro atoms. The number of amides is 1. The lowest BCUT2D eigenvalue weighted by molar-refractivity contribution is 0.102. The molecule has 2 aromatic heterocycles. The van der Waals surface area contributed by atoms with E-state index >= 15 is 0 Å². The van der Waals surface area contributed by atoms with Crippen LogP contribution in [0.1, 0.15) is 22.3 Å². The summed E-state index contributed by atoms with van der Waals surface area (Å²) in [4.78, 5) is 20.2. The van der Waals surface area contributed by atoms with Gasteiger partial charge in [-0.3, -0.25) is 4.79 Å². The molecular formula is C14H13N3O4S. The van der Waals surface area contributed by atoms with Crippen molar-refractivity contribution in [3.05, 3.63) is 41.7 Å². The summed E-state index contributed by atoms with van der Waals surface area (Å²) in [7, 11) is 0. The third kappa shape index (κ3) is 2.97. The van der Waals surface area contributed by atoms with Crippen LogP contribution in [0.3, 0.4) is 0 Å². The van der Waals surface area contributed by atoms with Crippen LogP contribution in [0.4, 0.5) is 5.69 Å². The fourth-order valence-electron chi connectivity index (χ4n) is 2.18. The van der Waals surface area contributed by atoms with Crippen LogP contribution < -0.4 is 10.1 Å². The molecule has 1 aliphatic rings. The van der Waals surface area contributed by atoms with Gasteiger partial charge in [0, 0.05) is 18.0 Å². The molecule has 0 aromatic carbocycles. The molecule has 1 unspecified atom stereocenters. The molecule has 7 nitrogen and oxygen atoms in total. The molecule has 3 heterocycles. The molecule has 0 aliphatic carbocycles. The summed E-state index contributed by atoms with van der Waals surface area (Å²) in [6.07, 6.45) is 4.50. The second-order valence-electron chi connectivity index (χ2n) is 4.70. The summed E-state index contributed by atoms with van der Waals surface area (Å²) >= 11 is -2.28. The molecule has 0 radical (unpaired) electrons. The van der Waals surface area contributed by atoms with Crippen molar-refractivity contribution in [3.8, 4) is 5.88 Å². The number of nitrogens with one attached hydrogen (secondary N) is 1. The van der Waals surface area contributed by atoms with E-state index in [0.717, 1.165) is 18.4 Å². The predicted octanol–water partition coefficient (Wildman–Crippen LogP) is 1.63. The minimum Gasteiger partial charge on any atom is -0.477 e. The highest BCUT2D eigenvalue weighted by Crippen LogP contribution is 2.23. The largest absolute Gasteiger partial charge is 0.477 e. The van der Waals surface area contributed by atoms with Gasteiger partial charge in [0.25, 0.3) is 5.91 Å². The lowest BCUT2D eigenvalue weighted by atomic mass is 10.1. The van der Waals surface area contributed by atoms with Gasteiger partial charge in [0.15, 0.2) is 5.03 Å². The Kier molecular flexibility index (Phi) is 4.12. The first-order valence-electron chi connectivity index (χ1n) is 6.64. The molecule has 0 saturated carbocycles. The third-order valence-corrected chi connectivity index (χ3v) is 3.86. The maximum atomic E-state index is 12.3. The third-order valence-electron chi connectivity index (χ3n) is 3.20. The number of carbonyl (C=O) groups is 1. The Balaban J connectivity index is 1.85. The zero-order valence-electron chi connectivity index (χ0n) is 11.5. The van der Waals surface area contributed by atoms with Crippen LogP contribution in [0.5, 0.6) is 5.88 Å². The molecule has 22 heavy (non-hydrogen) atoms. The highest BCUT2D eigenvalue weighted by molar-refractivity contribution is 7.79. The van der Waals surface area contributed by atoms with Gasteiger partial charge in [-0.2, -0.15) is 0 Å². The van der Waals surface area contributed by atoms with Gasteiger partial charge in [-0.15, -0.1) is 0 Å². The van der Waals surface area contributed by atoms with E-state index in [2.05, 4.69) is 15.3 Å². The smallest absolute Gasteiger partial charge is 0.257 e. The minimum atomic E-state index is -2.28. The number of rotatable bonds is 3. The van der Waals surface area contributed by atoms with Crippen molar-refractivity contribution in [2.24, 2.45) is 0 Å². The van der Waals surface area contributed by atoms with Crippen molar-refractivity contribution < 1.29 is 18.3 Å². The minimum absolute atomic E-state index is 0.0925. The molecule has 0 fully saturated rings. The zero-order valence-corrected chi connectivity index (χ0v) is 12.3. The number of pyridine rings is 2. The van der Waals surface area contributed by atoms with Crippen LogP contribution in [0.2, 0.25) is 0 Å². The van der Waals surface area contributed by atoms with Gasteiger partial charge in [0.1, 0.15) is 0 Å². The highest BCUT2D eigenvalue weighted by atomic mass is 32.2. The van der Waals surface area contributed by atoms with Crippen molar-refractivity contribution in [3.63, 3.8) is 0 Å². The summed E-state index contributed by atoms with van der Waals surface area (Å²) in [5.74, 6) is 0.141. The Morgan fingerprint density at radius 1 is 1.41 bits per heavy atom. The first kappa shape index (κ1) is 14.6.